The van der Waals surface area contributed by atoms with Crippen molar-refractivity contribution in [1.29, 1.82) is 0 Å². The van der Waals surface area contributed by atoms with E-state index in [4.69, 9.17) is 14.9 Å². The molecule has 2 aromatic rings. The molecule has 0 bridgehead atoms. The lowest BCUT2D eigenvalue weighted by molar-refractivity contribution is -0.150. The third-order valence-corrected chi connectivity index (χ3v) is 3.47. The Hall–Kier alpha value is -1.43. The molecule has 0 saturated carbocycles. The number of fused-ring (bicyclic) bond motifs is 1. The Morgan fingerprint density at radius 1 is 1.47 bits per heavy atom. The first-order valence-electron chi connectivity index (χ1n) is 5.52. The van der Waals surface area contributed by atoms with Gasteiger partial charge in [-0.3, -0.25) is 0 Å². The van der Waals surface area contributed by atoms with Crippen LogP contribution in [0, 0.1) is 5.41 Å². The van der Waals surface area contributed by atoms with Crippen molar-refractivity contribution in [2.75, 3.05) is 19.8 Å². The Labute approximate surface area is 98.2 Å². The number of aliphatic hydroxyl groups is 1. The van der Waals surface area contributed by atoms with Gasteiger partial charge >= 0.3 is 0 Å². The predicted octanol–water partition coefficient (Wildman–Crippen LogP) is 0.837. The Morgan fingerprint density at radius 3 is 2.94 bits per heavy atom. The highest BCUT2D eigenvalue weighted by Gasteiger charge is 2.44. The minimum atomic E-state index is -0.353. The monoisotopic (exact) mass is 234 g/mol. The summed E-state index contributed by atoms with van der Waals surface area (Å²) in [6.45, 7) is 1.03. The summed E-state index contributed by atoms with van der Waals surface area (Å²) < 4.78 is 10.4. The van der Waals surface area contributed by atoms with Crippen molar-refractivity contribution < 1.29 is 14.3 Å². The van der Waals surface area contributed by atoms with E-state index in [0.29, 0.717) is 18.8 Å². The van der Waals surface area contributed by atoms with Gasteiger partial charge < -0.3 is 20.0 Å². The molecular weight excluding hydrogens is 220 g/mol. The van der Waals surface area contributed by atoms with Crippen molar-refractivity contribution >= 4 is 11.1 Å². The van der Waals surface area contributed by atoms with Crippen molar-refractivity contribution in [3.8, 4) is 0 Å². The number of aromatic nitrogens is 1. The first kappa shape index (κ1) is 10.7. The Kier molecular flexibility index (Phi) is 2.39. The second-order valence-corrected chi connectivity index (χ2v) is 4.57. The first-order chi connectivity index (χ1) is 8.25. The molecule has 1 aliphatic rings. The number of nitrogens with zero attached hydrogens (tertiary/aromatic N) is 1. The molecule has 0 amide bonds. The van der Waals surface area contributed by atoms with E-state index in [-0.39, 0.29) is 18.1 Å². The van der Waals surface area contributed by atoms with E-state index in [0.717, 1.165) is 11.1 Å². The number of benzene rings is 1. The summed E-state index contributed by atoms with van der Waals surface area (Å²) in [5.41, 5.74) is 8.31. The molecule has 3 N–H and O–H groups in total. The van der Waals surface area contributed by atoms with Gasteiger partial charge in [0.15, 0.2) is 12.0 Å². The summed E-state index contributed by atoms with van der Waals surface area (Å²) in [5.74, 6) is 0. The van der Waals surface area contributed by atoms with Gasteiger partial charge in [-0.1, -0.05) is 6.07 Å². The molecule has 5 nitrogen and oxygen atoms in total. The van der Waals surface area contributed by atoms with E-state index in [1.54, 1.807) is 0 Å². The van der Waals surface area contributed by atoms with Crippen LogP contribution in [0.15, 0.2) is 29.0 Å². The highest BCUT2D eigenvalue weighted by molar-refractivity contribution is 5.72. The van der Waals surface area contributed by atoms with Crippen molar-refractivity contribution in [1.82, 2.24) is 4.98 Å². The number of ether oxygens (including phenoxy) is 1. The Balaban J connectivity index is 1.97. The predicted molar refractivity (Wildman–Crippen MR) is 61.3 cm³/mol. The van der Waals surface area contributed by atoms with Crippen LogP contribution < -0.4 is 5.73 Å². The average molecular weight is 234 g/mol. The summed E-state index contributed by atoms with van der Waals surface area (Å²) >= 11 is 0. The van der Waals surface area contributed by atoms with Crippen LogP contribution in [0.1, 0.15) is 11.6 Å². The summed E-state index contributed by atoms with van der Waals surface area (Å²) in [4.78, 5) is 4.05. The Morgan fingerprint density at radius 2 is 2.29 bits per heavy atom. The second-order valence-electron chi connectivity index (χ2n) is 4.57. The van der Waals surface area contributed by atoms with Gasteiger partial charge in [-0.15, -0.1) is 0 Å². The maximum absolute atomic E-state index is 9.45. The molecule has 90 valence electrons. The highest BCUT2D eigenvalue weighted by atomic mass is 16.5. The summed E-state index contributed by atoms with van der Waals surface area (Å²) in [6, 6.07) is 5.42. The van der Waals surface area contributed by atoms with Crippen LogP contribution in [0.5, 0.6) is 0 Å². The molecule has 0 aliphatic carbocycles. The SMILES string of the molecule is NC(c1ccc2ncoc2c1)C1(CO)COC1. The molecule has 1 aromatic carbocycles. The third kappa shape index (κ3) is 1.55. The van der Waals surface area contributed by atoms with E-state index in [9.17, 15) is 5.11 Å². The van der Waals surface area contributed by atoms with E-state index < -0.39 is 0 Å². The topological polar surface area (TPSA) is 81.5 Å². The van der Waals surface area contributed by atoms with Gasteiger partial charge in [0, 0.05) is 6.04 Å². The van der Waals surface area contributed by atoms with E-state index in [1.807, 2.05) is 18.2 Å². The first-order valence-corrected chi connectivity index (χ1v) is 5.52. The minimum absolute atomic E-state index is 0.0304. The zero-order valence-electron chi connectivity index (χ0n) is 9.30. The van der Waals surface area contributed by atoms with Crippen molar-refractivity contribution in [2.24, 2.45) is 11.1 Å². The van der Waals surface area contributed by atoms with Crippen LogP contribution in [0.4, 0.5) is 0 Å². The molecule has 3 rings (SSSR count). The fraction of sp³-hybridized carbons (Fsp3) is 0.417. The van der Waals surface area contributed by atoms with Crippen LogP contribution in [0.2, 0.25) is 0 Å². The highest BCUT2D eigenvalue weighted by Crippen LogP contribution is 2.39. The van der Waals surface area contributed by atoms with Gasteiger partial charge in [0.25, 0.3) is 0 Å². The van der Waals surface area contributed by atoms with Crippen LogP contribution in [0.3, 0.4) is 0 Å². The molecular formula is C12H14N2O3. The molecule has 0 spiro atoms. The van der Waals surface area contributed by atoms with Gasteiger partial charge in [-0.25, -0.2) is 4.98 Å². The molecule has 1 fully saturated rings. The number of rotatable bonds is 3. The van der Waals surface area contributed by atoms with Gasteiger partial charge in [0.05, 0.1) is 25.2 Å². The summed E-state index contributed by atoms with van der Waals surface area (Å²) in [5, 5.41) is 9.45. The number of aliphatic hydroxyl groups excluding tert-OH is 1. The molecule has 1 aromatic heterocycles. The van der Waals surface area contributed by atoms with Gasteiger partial charge in [-0.05, 0) is 17.7 Å². The molecule has 1 unspecified atom stereocenters. The molecule has 1 aliphatic heterocycles. The maximum Gasteiger partial charge on any atom is 0.181 e. The van der Waals surface area contributed by atoms with Crippen LogP contribution in [0.25, 0.3) is 11.1 Å². The molecule has 17 heavy (non-hydrogen) atoms. The Bertz CT molecular complexity index is 528. The van der Waals surface area contributed by atoms with E-state index in [1.165, 1.54) is 6.39 Å². The van der Waals surface area contributed by atoms with Crippen LogP contribution in [-0.4, -0.2) is 29.9 Å². The molecule has 2 heterocycles. The number of hydrogen-bond acceptors (Lipinski definition) is 5. The van der Waals surface area contributed by atoms with Gasteiger partial charge in [0.2, 0.25) is 0 Å². The van der Waals surface area contributed by atoms with Crippen LogP contribution in [-0.2, 0) is 4.74 Å². The number of oxazole rings is 1. The molecule has 5 heteroatoms. The normalized spacial score (nSPS) is 20.1. The minimum Gasteiger partial charge on any atom is -0.443 e. The van der Waals surface area contributed by atoms with Crippen LogP contribution >= 0.6 is 0 Å². The van der Waals surface area contributed by atoms with Crippen molar-refractivity contribution in [3.05, 3.63) is 30.2 Å². The maximum atomic E-state index is 9.45. The number of nitrogens with two attached hydrogens (primary N) is 1. The van der Waals surface area contributed by atoms with Gasteiger partial charge in [-0.2, -0.15) is 0 Å². The zero-order valence-corrected chi connectivity index (χ0v) is 9.30. The smallest absolute Gasteiger partial charge is 0.181 e. The lowest BCUT2D eigenvalue weighted by atomic mass is 9.76. The third-order valence-electron chi connectivity index (χ3n) is 3.47. The quantitative estimate of drug-likeness (QED) is 0.822. The molecule has 1 atom stereocenters. The number of hydrogen-bond donors (Lipinski definition) is 2. The van der Waals surface area contributed by atoms with Gasteiger partial charge in [0.1, 0.15) is 5.52 Å². The van der Waals surface area contributed by atoms with E-state index >= 15 is 0 Å². The average Bonchev–Trinajstić information content (AvgIpc) is 2.74. The van der Waals surface area contributed by atoms with E-state index in [2.05, 4.69) is 4.98 Å². The second kappa shape index (κ2) is 3.80. The summed E-state index contributed by atoms with van der Waals surface area (Å²) in [7, 11) is 0. The largest absolute Gasteiger partial charge is 0.443 e. The van der Waals surface area contributed by atoms with Crippen molar-refractivity contribution in [2.45, 2.75) is 6.04 Å². The fourth-order valence-corrected chi connectivity index (χ4v) is 2.15. The summed E-state index contributed by atoms with van der Waals surface area (Å²) in [6.07, 6.45) is 1.41. The lowest BCUT2D eigenvalue weighted by Crippen LogP contribution is -2.52. The fourth-order valence-electron chi connectivity index (χ4n) is 2.15. The lowest BCUT2D eigenvalue weighted by Gasteiger charge is -2.44. The standard InChI is InChI=1S/C12H14N2O3/c13-11(12(4-15)5-16-6-12)8-1-2-9-10(3-8)17-7-14-9/h1-3,7,11,15H,4-6,13H2. The molecule has 0 radical (unpaired) electrons. The molecule has 1 saturated heterocycles. The zero-order chi connectivity index (χ0) is 11.9. The van der Waals surface area contributed by atoms with Crippen molar-refractivity contribution in [3.63, 3.8) is 0 Å².